The second kappa shape index (κ2) is 9.19. The van der Waals surface area contributed by atoms with Crippen LogP contribution in [0, 0.1) is 0 Å². The lowest BCUT2D eigenvalue weighted by molar-refractivity contribution is -0.121. The highest BCUT2D eigenvalue weighted by atomic mass is 32.2. The number of para-hydroxylation sites is 2. The van der Waals surface area contributed by atoms with Crippen molar-refractivity contribution in [3.05, 3.63) is 60.0 Å². The molecule has 0 aliphatic carbocycles. The standard InChI is InChI=1S/C21H25N3O4S/c1-3-24(4-2)29(26,27)17-11-9-16(10-12-17)15-22-20(25)13-14-21-23-18-7-5-6-8-19(18)28-21/h5-12H,3-4,13-15H2,1-2H3,(H,22,25). The number of rotatable bonds is 9. The average Bonchev–Trinajstić information content (AvgIpc) is 3.15. The number of benzene rings is 2. The zero-order valence-corrected chi connectivity index (χ0v) is 17.4. The Morgan fingerprint density at radius 3 is 2.41 bits per heavy atom. The summed E-state index contributed by atoms with van der Waals surface area (Å²) in [5.41, 5.74) is 2.32. The summed E-state index contributed by atoms with van der Waals surface area (Å²) in [4.78, 5) is 16.7. The molecular formula is C21H25N3O4S. The Kier molecular flexibility index (Phi) is 6.66. The maximum Gasteiger partial charge on any atom is 0.243 e. The number of carbonyl (C=O) groups excluding carboxylic acids is 1. The Hall–Kier alpha value is -2.71. The molecule has 0 atom stereocenters. The zero-order valence-electron chi connectivity index (χ0n) is 16.6. The number of hydrogen-bond acceptors (Lipinski definition) is 5. The van der Waals surface area contributed by atoms with E-state index in [0.717, 1.165) is 11.1 Å². The number of carbonyl (C=O) groups is 1. The van der Waals surface area contributed by atoms with E-state index in [1.807, 2.05) is 38.1 Å². The first kappa shape index (κ1) is 21.0. The fourth-order valence-electron chi connectivity index (χ4n) is 3.03. The number of aryl methyl sites for hydroxylation is 1. The molecule has 0 saturated carbocycles. The zero-order chi connectivity index (χ0) is 20.9. The number of hydrogen-bond donors (Lipinski definition) is 1. The minimum atomic E-state index is -3.47. The fraction of sp³-hybridized carbons (Fsp3) is 0.333. The summed E-state index contributed by atoms with van der Waals surface area (Å²) in [6.07, 6.45) is 0.683. The first-order chi connectivity index (χ1) is 13.9. The van der Waals surface area contributed by atoms with Gasteiger partial charge in [0.25, 0.3) is 0 Å². The Bertz CT molecular complexity index is 1040. The van der Waals surface area contributed by atoms with E-state index in [9.17, 15) is 13.2 Å². The topological polar surface area (TPSA) is 92.5 Å². The molecular weight excluding hydrogens is 390 g/mol. The van der Waals surface area contributed by atoms with E-state index >= 15 is 0 Å². The van der Waals surface area contributed by atoms with Gasteiger partial charge in [0.05, 0.1) is 4.90 Å². The molecule has 0 aliphatic rings. The van der Waals surface area contributed by atoms with Gasteiger partial charge < -0.3 is 9.73 Å². The summed E-state index contributed by atoms with van der Waals surface area (Å²) in [5.74, 6) is 0.416. The van der Waals surface area contributed by atoms with Gasteiger partial charge in [-0.25, -0.2) is 13.4 Å². The summed E-state index contributed by atoms with van der Waals surface area (Å²) >= 11 is 0. The van der Waals surface area contributed by atoms with Crippen molar-refractivity contribution < 1.29 is 17.6 Å². The third-order valence-electron chi connectivity index (χ3n) is 4.66. The number of nitrogens with one attached hydrogen (secondary N) is 1. The van der Waals surface area contributed by atoms with E-state index in [1.165, 1.54) is 4.31 Å². The Balaban J connectivity index is 1.52. The number of sulfonamides is 1. The molecule has 1 N–H and O–H groups in total. The first-order valence-corrected chi connectivity index (χ1v) is 11.1. The largest absolute Gasteiger partial charge is 0.441 e. The van der Waals surface area contributed by atoms with E-state index in [-0.39, 0.29) is 17.2 Å². The summed E-state index contributed by atoms with van der Waals surface area (Å²) in [6.45, 7) is 4.81. The molecule has 3 rings (SSSR count). The maximum absolute atomic E-state index is 12.5. The summed E-state index contributed by atoms with van der Waals surface area (Å²) in [6, 6.07) is 14.1. The molecule has 0 saturated heterocycles. The molecule has 0 fully saturated rings. The van der Waals surface area contributed by atoms with Crippen molar-refractivity contribution >= 4 is 27.0 Å². The van der Waals surface area contributed by atoms with Crippen LogP contribution in [-0.4, -0.2) is 36.7 Å². The van der Waals surface area contributed by atoms with Gasteiger partial charge in [-0.3, -0.25) is 4.79 Å². The van der Waals surface area contributed by atoms with Crippen molar-refractivity contribution in [2.45, 2.75) is 38.1 Å². The van der Waals surface area contributed by atoms with Gasteiger partial charge in [-0.05, 0) is 29.8 Å². The van der Waals surface area contributed by atoms with Gasteiger partial charge in [0.15, 0.2) is 11.5 Å². The maximum atomic E-state index is 12.5. The van der Waals surface area contributed by atoms with Crippen LogP contribution in [0.3, 0.4) is 0 Å². The second-order valence-corrected chi connectivity index (χ2v) is 8.52. The van der Waals surface area contributed by atoms with Crippen LogP contribution < -0.4 is 5.32 Å². The lowest BCUT2D eigenvalue weighted by atomic mass is 10.2. The summed E-state index contributed by atoms with van der Waals surface area (Å²) in [5, 5.41) is 2.84. The predicted octanol–water partition coefficient (Wildman–Crippen LogP) is 3.11. The highest BCUT2D eigenvalue weighted by molar-refractivity contribution is 7.89. The van der Waals surface area contributed by atoms with Crippen LogP contribution in [0.2, 0.25) is 0 Å². The van der Waals surface area contributed by atoms with Crippen LogP contribution in [0.1, 0.15) is 31.7 Å². The van der Waals surface area contributed by atoms with Crippen molar-refractivity contribution in [1.29, 1.82) is 0 Å². The van der Waals surface area contributed by atoms with Crippen LogP contribution in [0.15, 0.2) is 57.8 Å². The molecule has 0 spiro atoms. The highest BCUT2D eigenvalue weighted by Crippen LogP contribution is 2.17. The molecule has 8 heteroatoms. The van der Waals surface area contributed by atoms with Crippen LogP contribution in [-0.2, 0) is 27.8 Å². The minimum absolute atomic E-state index is 0.118. The lowest BCUT2D eigenvalue weighted by Crippen LogP contribution is -2.30. The molecule has 154 valence electrons. The molecule has 0 unspecified atom stereocenters. The van der Waals surface area contributed by atoms with Crippen LogP contribution >= 0.6 is 0 Å². The van der Waals surface area contributed by atoms with Crippen molar-refractivity contribution in [2.75, 3.05) is 13.1 Å². The van der Waals surface area contributed by atoms with Crippen LogP contribution in [0.5, 0.6) is 0 Å². The van der Waals surface area contributed by atoms with Gasteiger partial charge in [-0.1, -0.05) is 38.1 Å². The molecule has 7 nitrogen and oxygen atoms in total. The predicted molar refractivity (Wildman–Crippen MR) is 111 cm³/mol. The smallest absolute Gasteiger partial charge is 0.243 e. The molecule has 0 aliphatic heterocycles. The quantitative estimate of drug-likeness (QED) is 0.580. The average molecular weight is 416 g/mol. The van der Waals surface area contributed by atoms with Crippen molar-refractivity contribution in [1.82, 2.24) is 14.6 Å². The van der Waals surface area contributed by atoms with Crippen molar-refractivity contribution in [3.8, 4) is 0 Å². The monoisotopic (exact) mass is 415 g/mol. The highest BCUT2D eigenvalue weighted by Gasteiger charge is 2.21. The first-order valence-electron chi connectivity index (χ1n) is 9.64. The lowest BCUT2D eigenvalue weighted by Gasteiger charge is -2.18. The summed E-state index contributed by atoms with van der Waals surface area (Å²) < 4.78 is 32.0. The molecule has 1 heterocycles. The van der Waals surface area contributed by atoms with Gasteiger partial charge in [0.1, 0.15) is 5.52 Å². The molecule has 2 aromatic carbocycles. The Labute approximate surface area is 170 Å². The molecule has 0 radical (unpaired) electrons. The van der Waals surface area contributed by atoms with E-state index in [2.05, 4.69) is 10.3 Å². The van der Waals surface area contributed by atoms with Crippen LogP contribution in [0.4, 0.5) is 0 Å². The van der Waals surface area contributed by atoms with Gasteiger partial charge in [0.2, 0.25) is 15.9 Å². The Morgan fingerprint density at radius 2 is 1.76 bits per heavy atom. The third kappa shape index (κ3) is 5.02. The normalized spacial score (nSPS) is 11.8. The molecule has 29 heavy (non-hydrogen) atoms. The number of oxazole rings is 1. The summed E-state index contributed by atoms with van der Waals surface area (Å²) in [7, 11) is -3.47. The minimum Gasteiger partial charge on any atom is -0.441 e. The van der Waals surface area contributed by atoms with E-state index in [1.54, 1.807) is 24.3 Å². The third-order valence-corrected chi connectivity index (χ3v) is 6.72. The van der Waals surface area contributed by atoms with E-state index in [0.29, 0.717) is 37.5 Å². The SMILES string of the molecule is CCN(CC)S(=O)(=O)c1ccc(CNC(=O)CCc2nc3ccccc3o2)cc1. The molecule has 1 aromatic heterocycles. The van der Waals surface area contributed by atoms with E-state index in [4.69, 9.17) is 4.42 Å². The molecule has 1 amide bonds. The van der Waals surface area contributed by atoms with Gasteiger partial charge in [-0.2, -0.15) is 4.31 Å². The van der Waals surface area contributed by atoms with Crippen LogP contribution in [0.25, 0.3) is 11.1 Å². The van der Waals surface area contributed by atoms with Gasteiger partial charge in [0, 0.05) is 32.5 Å². The second-order valence-electron chi connectivity index (χ2n) is 6.59. The number of amides is 1. The molecule has 3 aromatic rings. The number of aromatic nitrogens is 1. The van der Waals surface area contributed by atoms with E-state index < -0.39 is 10.0 Å². The fourth-order valence-corrected chi connectivity index (χ4v) is 4.49. The van der Waals surface area contributed by atoms with Gasteiger partial charge >= 0.3 is 0 Å². The molecule has 0 bridgehead atoms. The Morgan fingerprint density at radius 1 is 1.07 bits per heavy atom. The number of nitrogens with zero attached hydrogens (tertiary/aromatic N) is 2. The number of fused-ring (bicyclic) bond motifs is 1. The van der Waals surface area contributed by atoms with Crippen molar-refractivity contribution in [2.24, 2.45) is 0 Å². The van der Waals surface area contributed by atoms with Gasteiger partial charge in [-0.15, -0.1) is 0 Å². The van der Waals surface area contributed by atoms with Crippen molar-refractivity contribution in [3.63, 3.8) is 0 Å².